The molecule has 2 rings (SSSR count). The molecule has 18 heavy (non-hydrogen) atoms. The molecule has 0 aliphatic heterocycles. The number of halogens is 1. The van der Waals surface area contributed by atoms with E-state index in [4.69, 9.17) is 0 Å². The van der Waals surface area contributed by atoms with Gasteiger partial charge in [0.2, 0.25) is 0 Å². The van der Waals surface area contributed by atoms with E-state index in [1.807, 2.05) is 36.4 Å². The number of nitrogens with zero attached hydrogens (tertiary/aromatic N) is 1. The van der Waals surface area contributed by atoms with Gasteiger partial charge in [0.05, 0.1) is 6.10 Å². The SMILES string of the molecule is OC(CSc1cccc(Br)c1)Cc1ccccn1. The first-order valence-corrected chi connectivity index (χ1v) is 7.48. The molecule has 0 fully saturated rings. The van der Waals surface area contributed by atoms with Crippen molar-refractivity contribution in [2.75, 3.05) is 5.75 Å². The van der Waals surface area contributed by atoms with Crippen molar-refractivity contribution in [3.8, 4) is 0 Å². The minimum atomic E-state index is -0.371. The average Bonchev–Trinajstić information content (AvgIpc) is 2.38. The quantitative estimate of drug-likeness (QED) is 0.854. The Kier molecular flexibility index (Phi) is 5.23. The van der Waals surface area contributed by atoms with Gasteiger partial charge >= 0.3 is 0 Å². The zero-order valence-electron chi connectivity index (χ0n) is 9.79. The summed E-state index contributed by atoms with van der Waals surface area (Å²) in [5.41, 5.74) is 0.930. The molecule has 0 saturated heterocycles. The minimum Gasteiger partial charge on any atom is -0.392 e. The molecule has 1 heterocycles. The number of thioether (sulfide) groups is 1. The first-order chi connectivity index (χ1) is 8.74. The standard InChI is InChI=1S/C14H14BrNOS/c15-11-4-3-6-14(8-11)18-10-13(17)9-12-5-1-2-7-16-12/h1-8,13,17H,9-10H2. The van der Waals surface area contributed by atoms with Crippen molar-refractivity contribution in [2.45, 2.75) is 17.4 Å². The predicted molar refractivity (Wildman–Crippen MR) is 78.8 cm³/mol. The van der Waals surface area contributed by atoms with Gasteiger partial charge in [-0.15, -0.1) is 11.8 Å². The molecular formula is C14H14BrNOS. The van der Waals surface area contributed by atoms with Crippen LogP contribution in [0.5, 0.6) is 0 Å². The van der Waals surface area contributed by atoms with E-state index < -0.39 is 0 Å². The van der Waals surface area contributed by atoms with Crippen LogP contribution in [0, 0.1) is 0 Å². The first kappa shape index (κ1) is 13.6. The fraction of sp³-hybridized carbons (Fsp3) is 0.214. The Morgan fingerprint density at radius 2 is 2.11 bits per heavy atom. The molecule has 1 atom stereocenters. The topological polar surface area (TPSA) is 33.1 Å². The van der Waals surface area contributed by atoms with Crippen LogP contribution in [0.2, 0.25) is 0 Å². The molecule has 4 heteroatoms. The van der Waals surface area contributed by atoms with Crippen LogP contribution >= 0.6 is 27.7 Å². The summed E-state index contributed by atoms with van der Waals surface area (Å²) in [4.78, 5) is 5.37. The highest BCUT2D eigenvalue weighted by molar-refractivity contribution is 9.10. The summed E-state index contributed by atoms with van der Waals surface area (Å²) < 4.78 is 1.06. The number of rotatable bonds is 5. The summed E-state index contributed by atoms with van der Waals surface area (Å²) >= 11 is 5.09. The molecule has 1 unspecified atom stereocenters. The Balaban J connectivity index is 1.83. The number of benzene rings is 1. The van der Waals surface area contributed by atoms with Crippen molar-refractivity contribution in [2.24, 2.45) is 0 Å². The maximum atomic E-state index is 9.96. The van der Waals surface area contributed by atoms with E-state index in [9.17, 15) is 5.11 Å². The number of hydrogen-bond acceptors (Lipinski definition) is 3. The van der Waals surface area contributed by atoms with Crippen molar-refractivity contribution in [3.05, 3.63) is 58.8 Å². The molecule has 0 aliphatic carbocycles. The number of aromatic nitrogens is 1. The molecule has 0 aliphatic rings. The number of hydrogen-bond donors (Lipinski definition) is 1. The van der Waals surface area contributed by atoms with E-state index in [1.54, 1.807) is 18.0 Å². The maximum Gasteiger partial charge on any atom is 0.0689 e. The average molecular weight is 324 g/mol. The highest BCUT2D eigenvalue weighted by Crippen LogP contribution is 2.23. The van der Waals surface area contributed by atoms with Crippen LogP contribution in [0.15, 0.2) is 58.0 Å². The lowest BCUT2D eigenvalue weighted by Gasteiger charge is -2.09. The summed E-state index contributed by atoms with van der Waals surface area (Å²) in [6.07, 6.45) is 1.98. The van der Waals surface area contributed by atoms with Crippen molar-refractivity contribution in [1.82, 2.24) is 4.98 Å². The molecule has 1 aromatic carbocycles. The van der Waals surface area contributed by atoms with Crippen molar-refractivity contribution in [3.63, 3.8) is 0 Å². The Bertz CT molecular complexity index is 492. The van der Waals surface area contributed by atoms with Gasteiger partial charge in [-0.1, -0.05) is 28.1 Å². The molecule has 2 aromatic rings. The van der Waals surface area contributed by atoms with Gasteiger partial charge in [-0.25, -0.2) is 0 Å². The fourth-order valence-electron chi connectivity index (χ4n) is 1.57. The molecule has 0 spiro atoms. The Morgan fingerprint density at radius 1 is 1.22 bits per heavy atom. The van der Waals surface area contributed by atoms with Crippen LogP contribution in [0.3, 0.4) is 0 Å². The lowest BCUT2D eigenvalue weighted by Crippen LogP contribution is -2.14. The van der Waals surface area contributed by atoms with E-state index in [0.29, 0.717) is 12.2 Å². The van der Waals surface area contributed by atoms with Gasteiger partial charge < -0.3 is 5.11 Å². The zero-order valence-corrected chi connectivity index (χ0v) is 12.2. The second kappa shape index (κ2) is 6.92. The second-order valence-electron chi connectivity index (χ2n) is 3.95. The first-order valence-electron chi connectivity index (χ1n) is 5.70. The van der Waals surface area contributed by atoms with E-state index >= 15 is 0 Å². The normalized spacial score (nSPS) is 12.3. The molecule has 1 N–H and O–H groups in total. The number of aliphatic hydroxyl groups excluding tert-OH is 1. The Morgan fingerprint density at radius 3 is 2.83 bits per heavy atom. The summed E-state index contributed by atoms with van der Waals surface area (Å²) in [7, 11) is 0. The van der Waals surface area contributed by atoms with Crippen LogP contribution in [0.4, 0.5) is 0 Å². The summed E-state index contributed by atoms with van der Waals surface area (Å²) in [5.74, 6) is 0.674. The maximum absolute atomic E-state index is 9.96. The predicted octanol–water partition coefficient (Wildman–Crippen LogP) is 3.54. The van der Waals surface area contributed by atoms with Crippen LogP contribution in [0.25, 0.3) is 0 Å². The number of pyridine rings is 1. The summed E-state index contributed by atoms with van der Waals surface area (Å²) in [6.45, 7) is 0. The number of aliphatic hydroxyl groups is 1. The van der Waals surface area contributed by atoms with Crippen molar-refractivity contribution < 1.29 is 5.11 Å². The minimum absolute atomic E-state index is 0.371. The highest BCUT2D eigenvalue weighted by atomic mass is 79.9. The Hall–Kier alpha value is -0.840. The van der Waals surface area contributed by atoms with E-state index in [0.717, 1.165) is 15.1 Å². The van der Waals surface area contributed by atoms with E-state index in [-0.39, 0.29) is 6.10 Å². The third-order valence-electron chi connectivity index (χ3n) is 2.41. The van der Waals surface area contributed by atoms with E-state index in [2.05, 4.69) is 27.0 Å². The molecule has 0 saturated carbocycles. The molecule has 2 nitrogen and oxygen atoms in total. The third-order valence-corrected chi connectivity index (χ3v) is 4.04. The fourth-order valence-corrected chi connectivity index (χ4v) is 3.01. The van der Waals surface area contributed by atoms with E-state index in [1.165, 1.54) is 0 Å². The third kappa shape index (κ3) is 4.44. The van der Waals surface area contributed by atoms with Crippen LogP contribution in [0.1, 0.15) is 5.69 Å². The van der Waals surface area contributed by atoms with Gasteiger partial charge in [0.25, 0.3) is 0 Å². The highest BCUT2D eigenvalue weighted by Gasteiger charge is 2.07. The van der Waals surface area contributed by atoms with Crippen LogP contribution in [-0.2, 0) is 6.42 Å². The van der Waals surface area contributed by atoms with Crippen molar-refractivity contribution >= 4 is 27.7 Å². The van der Waals surface area contributed by atoms with Gasteiger partial charge in [0.15, 0.2) is 0 Å². The van der Waals surface area contributed by atoms with Crippen molar-refractivity contribution in [1.29, 1.82) is 0 Å². The molecule has 0 amide bonds. The molecule has 0 radical (unpaired) electrons. The largest absolute Gasteiger partial charge is 0.392 e. The molecule has 1 aromatic heterocycles. The van der Waals surface area contributed by atoms with Gasteiger partial charge in [-0.2, -0.15) is 0 Å². The van der Waals surface area contributed by atoms with Gasteiger partial charge in [0, 0.05) is 33.4 Å². The smallest absolute Gasteiger partial charge is 0.0689 e. The lowest BCUT2D eigenvalue weighted by atomic mass is 10.2. The summed E-state index contributed by atoms with van der Waals surface area (Å²) in [5, 5.41) is 9.96. The lowest BCUT2D eigenvalue weighted by molar-refractivity contribution is 0.199. The summed E-state index contributed by atoms with van der Waals surface area (Å²) in [6, 6.07) is 13.8. The van der Waals surface area contributed by atoms with Crippen LogP contribution in [-0.4, -0.2) is 21.9 Å². The van der Waals surface area contributed by atoms with Gasteiger partial charge in [0.1, 0.15) is 0 Å². The molecule has 94 valence electrons. The molecular weight excluding hydrogens is 310 g/mol. The monoisotopic (exact) mass is 323 g/mol. The Labute approximate surface area is 120 Å². The van der Waals surface area contributed by atoms with Crippen LogP contribution < -0.4 is 0 Å². The van der Waals surface area contributed by atoms with Gasteiger partial charge in [-0.05, 0) is 30.3 Å². The van der Waals surface area contributed by atoms with Gasteiger partial charge in [-0.3, -0.25) is 4.98 Å². The molecule has 0 bridgehead atoms. The zero-order chi connectivity index (χ0) is 12.8. The second-order valence-corrected chi connectivity index (χ2v) is 5.96.